The molecule has 0 fully saturated rings. The molecule has 29 heavy (non-hydrogen) atoms. The molecule has 0 heterocycles. The van der Waals surface area contributed by atoms with Crippen LogP contribution in [0, 0.1) is 13.8 Å². The molecule has 2 rings (SSSR count). The molecule has 8 nitrogen and oxygen atoms in total. The molecular formula is C18H21ClN4O4S2. The maximum atomic E-state index is 12.4. The highest BCUT2D eigenvalue weighted by Crippen LogP contribution is 2.25. The molecule has 2 aromatic carbocycles. The van der Waals surface area contributed by atoms with Crippen molar-refractivity contribution >= 4 is 50.5 Å². The van der Waals surface area contributed by atoms with Crippen molar-refractivity contribution in [2.45, 2.75) is 18.7 Å². The predicted molar refractivity (Wildman–Crippen MR) is 116 cm³/mol. The van der Waals surface area contributed by atoms with Gasteiger partial charge in [-0.3, -0.25) is 20.5 Å². The molecule has 0 saturated carbocycles. The van der Waals surface area contributed by atoms with Gasteiger partial charge in [0, 0.05) is 18.3 Å². The van der Waals surface area contributed by atoms with E-state index in [9.17, 15) is 13.2 Å². The van der Waals surface area contributed by atoms with Crippen molar-refractivity contribution < 1.29 is 18.0 Å². The highest BCUT2D eigenvalue weighted by atomic mass is 35.5. The number of nitrogens with one attached hydrogen (secondary N) is 3. The fourth-order valence-corrected chi connectivity index (χ4v) is 4.05. The number of benzene rings is 2. The molecule has 3 N–H and O–H groups in total. The Kier molecular flexibility index (Phi) is 7.55. The molecule has 1 amide bonds. The number of nitrogens with zero attached hydrogens (tertiary/aromatic N) is 1. The van der Waals surface area contributed by atoms with Gasteiger partial charge in [0.15, 0.2) is 5.11 Å². The molecule has 0 radical (unpaired) electrons. The summed E-state index contributed by atoms with van der Waals surface area (Å²) in [5.74, 6) is -0.594. The first-order valence-corrected chi connectivity index (χ1v) is 10.6. The van der Waals surface area contributed by atoms with E-state index in [4.69, 9.17) is 28.7 Å². The maximum Gasteiger partial charge on any atom is 0.269 e. The summed E-state index contributed by atoms with van der Waals surface area (Å²) in [5, 5.41) is 3.16. The standard InChI is InChI=1S/C18H21ClN4O4S2/c1-11-6-5-7-12(2)16(11)20-18(28)22-21-17(24)13-8-9-14(19)15(10-13)29(25,26)23(3)27-4/h5-10H,1-4H3,(H,21,24)(H2,20,22,28). The van der Waals surface area contributed by atoms with Crippen LogP contribution in [0.15, 0.2) is 41.3 Å². The van der Waals surface area contributed by atoms with E-state index >= 15 is 0 Å². The van der Waals surface area contributed by atoms with Crippen LogP contribution in [0.1, 0.15) is 21.5 Å². The maximum absolute atomic E-state index is 12.4. The number of hydroxylamine groups is 1. The van der Waals surface area contributed by atoms with E-state index in [0.717, 1.165) is 22.9 Å². The van der Waals surface area contributed by atoms with Crippen molar-refractivity contribution in [3.05, 3.63) is 58.1 Å². The number of hydrogen-bond donors (Lipinski definition) is 3. The fourth-order valence-electron chi connectivity index (χ4n) is 2.42. The molecule has 0 aliphatic rings. The first-order chi connectivity index (χ1) is 13.6. The number of amides is 1. The van der Waals surface area contributed by atoms with E-state index in [-0.39, 0.29) is 20.6 Å². The van der Waals surface area contributed by atoms with E-state index in [0.29, 0.717) is 4.47 Å². The van der Waals surface area contributed by atoms with Gasteiger partial charge in [0.2, 0.25) is 0 Å². The number of halogens is 1. The van der Waals surface area contributed by atoms with Crippen LogP contribution >= 0.6 is 23.8 Å². The molecule has 0 saturated heterocycles. The Morgan fingerprint density at radius 3 is 2.34 bits per heavy atom. The van der Waals surface area contributed by atoms with Crippen LogP contribution in [-0.4, -0.2) is 38.1 Å². The summed E-state index contributed by atoms with van der Waals surface area (Å²) < 4.78 is 25.5. The van der Waals surface area contributed by atoms with Crippen LogP contribution in [0.25, 0.3) is 0 Å². The topological polar surface area (TPSA) is 99.8 Å². The third-order valence-electron chi connectivity index (χ3n) is 4.08. The van der Waals surface area contributed by atoms with Gasteiger partial charge in [-0.15, -0.1) is 0 Å². The van der Waals surface area contributed by atoms with Gasteiger partial charge in [-0.2, -0.15) is 0 Å². The Labute approximate surface area is 180 Å². The number of sulfonamides is 1. The number of anilines is 1. The minimum atomic E-state index is -4.02. The molecular weight excluding hydrogens is 436 g/mol. The molecule has 0 spiro atoms. The smallest absolute Gasteiger partial charge is 0.269 e. The highest BCUT2D eigenvalue weighted by molar-refractivity contribution is 7.89. The van der Waals surface area contributed by atoms with Gasteiger partial charge in [-0.25, -0.2) is 8.42 Å². The predicted octanol–water partition coefficient (Wildman–Crippen LogP) is 2.77. The van der Waals surface area contributed by atoms with Crippen LogP contribution in [0.2, 0.25) is 5.02 Å². The molecule has 0 aromatic heterocycles. The van der Waals surface area contributed by atoms with Crippen LogP contribution in [0.5, 0.6) is 0 Å². The van der Waals surface area contributed by atoms with Crippen LogP contribution in [0.4, 0.5) is 5.69 Å². The second kappa shape index (κ2) is 9.51. The first-order valence-electron chi connectivity index (χ1n) is 8.34. The number of aryl methyl sites for hydroxylation is 2. The van der Waals surface area contributed by atoms with Crippen molar-refractivity contribution in [2.24, 2.45) is 0 Å². The summed E-state index contributed by atoms with van der Waals surface area (Å²) >= 11 is 11.2. The minimum absolute atomic E-state index is 0.0365. The number of carbonyl (C=O) groups excluding carboxylic acids is 1. The van der Waals surface area contributed by atoms with Crippen molar-refractivity contribution in [1.82, 2.24) is 15.3 Å². The number of para-hydroxylation sites is 1. The lowest BCUT2D eigenvalue weighted by atomic mass is 10.1. The van der Waals surface area contributed by atoms with Gasteiger partial charge in [0.25, 0.3) is 15.9 Å². The Morgan fingerprint density at radius 2 is 1.76 bits per heavy atom. The number of rotatable bonds is 5. The quantitative estimate of drug-likeness (QED) is 0.470. The fraction of sp³-hybridized carbons (Fsp3) is 0.222. The summed E-state index contributed by atoms with van der Waals surface area (Å²) in [5.41, 5.74) is 7.91. The molecule has 2 aromatic rings. The Bertz CT molecular complexity index is 1020. The van der Waals surface area contributed by atoms with E-state index in [1.54, 1.807) is 0 Å². The summed E-state index contributed by atoms with van der Waals surface area (Å²) in [6.45, 7) is 3.87. The van der Waals surface area contributed by atoms with Gasteiger partial charge in [-0.1, -0.05) is 34.3 Å². The third kappa shape index (κ3) is 5.43. The zero-order chi connectivity index (χ0) is 21.8. The van der Waals surface area contributed by atoms with Crippen molar-refractivity contribution in [3.63, 3.8) is 0 Å². The summed E-state index contributed by atoms with van der Waals surface area (Å²) in [6.07, 6.45) is 0. The zero-order valence-corrected chi connectivity index (χ0v) is 18.6. The number of hydrogen-bond acceptors (Lipinski definition) is 5. The molecule has 0 unspecified atom stereocenters. The van der Waals surface area contributed by atoms with Gasteiger partial charge in [-0.05, 0) is 55.4 Å². The second-order valence-electron chi connectivity index (χ2n) is 6.04. The molecule has 0 bridgehead atoms. The first kappa shape index (κ1) is 23.0. The van der Waals surface area contributed by atoms with Crippen LogP contribution in [0.3, 0.4) is 0 Å². The molecule has 0 aliphatic heterocycles. The minimum Gasteiger partial charge on any atom is -0.331 e. The molecule has 0 aliphatic carbocycles. The number of hydrazine groups is 1. The molecule has 11 heteroatoms. The van der Waals surface area contributed by atoms with Crippen molar-refractivity contribution in [3.8, 4) is 0 Å². The van der Waals surface area contributed by atoms with Crippen LogP contribution in [-0.2, 0) is 14.9 Å². The van der Waals surface area contributed by atoms with Crippen molar-refractivity contribution in [2.75, 3.05) is 19.5 Å². The van der Waals surface area contributed by atoms with Gasteiger partial charge in [0.1, 0.15) is 4.90 Å². The highest BCUT2D eigenvalue weighted by Gasteiger charge is 2.25. The van der Waals surface area contributed by atoms with Gasteiger partial charge >= 0.3 is 0 Å². The Morgan fingerprint density at radius 1 is 1.14 bits per heavy atom. The largest absolute Gasteiger partial charge is 0.331 e. The van der Waals surface area contributed by atoms with Crippen LogP contribution < -0.4 is 16.2 Å². The number of carbonyl (C=O) groups is 1. The second-order valence-corrected chi connectivity index (χ2v) is 8.76. The summed E-state index contributed by atoms with van der Waals surface area (Å²) in [7, 11) is -1.59. The lowest BCUT2D eigenvalue weighted by Gasteiger charge is -2.17. The lowest BCUT2D eigenvalue weighted by Crippen LogP contribution is -2.44. The molecule has 156 valence electrons. The van der Waals surface area contributed by atoms with E-state index < -0.39 is 15.9 Å². The zero-order valence-electron chi connectivity index (χ0n) is 16.2. The van der Waals surface area contributed by atoms with E-state index in [2.05, 4.69) is 16.2 Å². The molecule has 0 atom stereocenters. The van der Waals surface area contributed by atoms with E-state index in [1.807, 2.05) is 32.0 Å². The van der Waals surface area contributed by atoms with Gasteiger partial charge in [0.05, 0.1) is 12.1 Å². The Balaban J connectivity index is 2.12. The summed E-state index contributed by atoms with van der Waals surface area (Å²) in [4.78, 5) is 16.9. The SMILES string of the molecule is CON(C)S(=O)(=O)c1cc(C(=O)NNC(=S)Nc2c(C)cccc2C)ccc1Cl. The van der Waals surface area contributed by atoms with Gasteiger partial charge < -0.3 is 5.32 Å². The summed E-state index contributed by atoms with van der Waals surface area (Å²) in [6, 6.07) is 9.67. The monoisotopic (exact) mass is 456 g/mol. The lowest BCUT2D eigenvalue weighted by molar-refractivity contribution is -0.0258. The van der Waals surface area contributed by atoms with Crippen molar-refractivity contribution in [1.29, 1.82) is 0 Å². The average Bonchev–Trinajstić information content (AvgIpc) is 2.68. The van der Waals surface area contributed by atoms with E-state index in [1.165, 1.54) is 26.3 Å². The normalized spacial score (nSPS) is 11.2. The Hall–Kier alpha value is -2.24. The number of thiocarbonyl (C=S) groups is 1. The average molecular weight is 457 g/mol. The third-order valence-corrected chi connectivity index (χ3v) is 6.44.